The summed E-state index contributed by atoms with van der Waals surface area (Å²) < 4.78 is 7.32. The van der Waals surface area contributed by atoms with Crippen LogP contribution in [0.1, 0.15) is 47.5 Å². The molecule has 8 nitrogen and oxygen atoms in total. The second-order valence-electron chi connectivity index (χ2n) is 9.16. The molecule has 180 valence electrons. The summed E-state index contributed by atoms with van der Waals surface area (Å²) in [4.78, 5) is 19.7. The molecule has 9 heteroatoms. The van der Waals surface area contributed by atoms with Crippen molar-refractivity contribution in [1.29, 1.82) is 0 Å². The average Bonchev–Trinajstić information content (AvgIpc) is 3.59. The maximum Gasteiger partial charge on any atom is 0.252 e. The molecular formula is C26H28N6O2S. The van der Waals surface area contributed by atoms with E-state index < -0.39 is 0 Å². The van der Waals surface area contributed by atoms with Crippen LogP contribution in [0.25, 0.3) is 10.9 Å². The fraction of sp³-hybridized carbons (Fsp3) is 0.308. The Labute approximate surface area is 207 Å². The van der Waals surface area contributed by atoms with Crippen molar-refractivity contribution < 1.29 is 4.42 Å². The van der Waals surface area contributed by atoms with Crippen molar-refractivity contribution in [3.05, 3.63) is 98.1 Å². The topological polar surface area (TPSA) is 92.8 Å². The van der Waals surface area contributed by atoms with E-state index in [0.29, 0.717) is 25.2 Å². The standard InChI is InChI=1S/C26H28N6O2S/c1-17(2)24(25-28-29-30-32(25)15-21-6-4-10-34-21)31(16-22-7-5-11-35-22)14-20-13-19-9-8-18(3)12-23(19)27-26(20)33/h4-13,17,24H,14-16H2,1-3H3,(H,27,33)/t24-/m1/s1. The third-order valence-corrected chi connectivity index (χ3v) is 6.99. The van der Waals surface area contributed by atoms with Crippen molar-refractivity contribution in [2.75, 3.05) is 0 Å². The van der Waals surface area contributed by atoms with Crippen LogP contribution in [0.3, 0.4) is 0 Å². The lowest BCUT2D eigenvalue weighted by atomic mass is 10.00. The van der Waals surface area contributed by atoms with E-state index in [0.717, 1.165) is 28.1 Å². The van der Waals surface area contributed by atoms with Gasteiger partial charge >= 0.3 is 0 Å². The molecule has 0 fully saturated rings. The molecule has 35 heavy (non-hydrogen) atoms. The van der Waals surface area contributed by atoms with Crippen molar-refractivity contribution in [3.63, 3.8) is 0 Å². The predicted octanol–water partition coefficient (Wildman–Crippen LogP) is 4.93. The number of nitrogens with one attached hydrogen (secondary N) is 1. The Balaban J connectivity index is 1.54. The minimum atomic E-state index is -0.116. The SMILES string of the molecule is Cc1ccc2cc(CN(Cc3cccs3)[C@@H](c3nnnn3Cc3ccco3)C(C)C)c(=O)[nH]c2c1. The van der Waals surface area contributed by atoms with Gasteiger partial charge in [0.05, 0.1) is 12.3 Å². The van der Waals surface area contributed by atoms with E-state index >= 15 is 0 Å². The van der Waals surface area contributed by atoms with Crippen LogP contribution in [-0.4, -0.2) is 30.1 Å². The van der Waals surface area contributed by atoms with Gasteiger partial charge in [-0.05, 0) is 69.9 Å². The molecule has 4 aromatic heterocycles. The second-order valence-corrected chi connectivity index (χ2v) is 10.2. The van der Waals surface area contributed by atoms with Gasteiger partial charge in [0.2, 0.25) is 0 Å². The van der Waals surface area contributed by atoms with Crippen LogP contribution in [0, 0.1) is 12.8 Å². The summed E-state index contributed by atoms with van der Waals surface area (Å²) in [5.41, 5.74) is 2.61. The predicted molar refractivity (Wildman–Crippen MR) is 136 cm³/mol. The number of aromatic nitrogens is 5. The van der Waals surface area contributed by atoms with Gasteiger partial charge in [-0.1, -0.05) is 32.0 Å². The van der Waals surface area contributed by atoms with E-state index in [1.807, 2.05) is 31.2 Å². The molecule has 0 saturated carbocycles. The van der Waals surface area contributed by atoms with Crippen molar-refractivity contribution in [2.45, 2.75) is 46.4 Å². The first-order valence-corrected chi connectivity index (χ1v) is 12.5. The summed E-state index contributed by atoms with van der Waals surface area (Å²) in [6.45, 7) is 7.93. The number of hydrogen-bond donors (Lipinski definition) is 1. The first-order chi connectivity index (χ1) is 17.0. The van der Waals surface area contributed by atoms with Gasteiger partial charge < -0.3 is 9.40 Å². The number of rotatable bonds is 9. The summed E-state index contributed by atoms with van der Waals surface area (Å²) in [6, 6.07) is 15.9. The van der Waals surface area contributed by atoms with Crippen LogP contribution in [0.2, 0.25) is 0 Å². The number of hydrogen-bond acceptors (Lipinski definition) is 7. The van der Waals surface area contributed by atoms with Gasteiger partial charge in [-0.25, -0.2) is 4.68 Å². The highest BCUT2D eigenvalue weighted by molar-refractivity contribution is 7.09. The number of H-pyrrole nitrogens is 1. The lowest BCUT2D eigenvalue weighted by Gasteiger charge is -2.33. The highest BCUT2D eigenvalue weighted by Crippen LogP contribution is 2.31. The molecular weight excluding hydrogens is 460 g/mol. The summed E-state index contributed by atoms with van der Waals surface area (Å²) in [5.74, 6) is 1.73. The Morgan fingerprint density at radius 3 is 2.77 bits per heavy atom. The number of furan rings is 1. The third-order valence-electron chi connectivity index (χ3n) is 6.13. The number of tetrazole rings is 1. The van der Waals surface area contributed by atoms with Crippen LogP contribution < -0.4 is 5.56 Å². The fourth-order valence-electron chi connectivity index (χ4n) is 4.52. The van der Waals surface area contributed by atoms with Gasteiger partial charge in [-0.2, -0.15) is 0 Å². The highest BCUT2D eigenvalue weighted by Gasteiger charge is 2.30. The van der Waals surface area contributed by atoms with E-state index in [9.17, 15) is 4.79 Å². The van der Waals surface area contributed by atoms with Gasteiger partial charge in [-0.3, -0.25) is 9.69 Å². The molecule has 0 aliphatic heterocycles. The Hall–Kier alpha value is -3.56. The van der Waals surface area contributed by atoms with Gasteiger partial charge in [0.15, 0.2) is 5.82 Å². The second kappa shape index (κ2) is 9.97. The first kappa shape index (κ1) is 23.2. The normalized spacial score (nSPS) is 12.7. The first-order valence-electron chi connectivity index (χ1n) is 11.7. The molecule has 1 aromatic carbocycles. The molecule has 0 aliphatic rings. The molecule has 0 aliphatic carbocycles. The maximum atomic E-state index is 13.1. The quantitative estimate of drug-likeness (QED) is 0.316. The molecule has 1 atom stereocenters. The van der Waals surface area contributed by atoms with Crippen molar-refractivity contribution in [2.24, 2.45) is 5.92 Å². The van der Waals surface area contributed by atoms with E-state index in [1.165, 1.54) is 4.88 Å². The largest absolute Gasteiger partial charge is 0.467 e. The molecule has 0 radical (unpaired) electrons. The number of fused-ring (bicyclic) bond motifs is 1. The number of aryl methyl sites for hydroxylation is 1. The summed E-state index contributed by atoms with van der Waals surface area (Å²) in [5, 5.41) is 15.8. The lowest BCUT2D eigenvalue weighted by Crippen LogP contribution is -2.35. The monoisotopic (exact) mass is 488 g/mol. The third kappa shape index (κ3) is 5.11. The highest BCUT2D eigenvalue weighted by atomic mass is 32.1. The molecule has 0 spiro atoms. The van der Waals surface area contributed by atoms with Crippen LogP contribution in [0.4, 0.5) is 0 Å². The summed E-state index contributed by atoms with van der Waals surface area (Å²) in [7, 11) is 0. The number of pyridine rings is 1. The van der Waals surface area contributed by atoms with Gasteiger partial charge in [0.25, 0.3) is 5.56 Å². The molecule has 4 heterocycles. The fourth-order valence-corrected chi connectivity index (χ4v) is 5.25. The van der Waals surface area contributed by atoms with Crippen molar-refractivity contribution in [1.82, 2.24) is 30.1 Å². The summed E-state index contributed by atoms with van der Waals surface area (Å²) in [6.07, 6.45) is 1.65. The van der Waals surface area contributed by atoms with Crippen molar-refractivity contribution >= 4 is 22.2 Å². The zero-order valence-corrected chi connectivity index (χ0v) is 20.8. The zero-order valence-electron chi connectivity index (χ0n) is 20.0. The lowest BCUT2D eigenvalue weighted by molar-refractivity contribution is 0.127. The van der Waals surface area contributed by atoms with Gasteiger partial charge in [0.1, 0.15) is 12.3 Å². The number of thiophene rings is 1. The van der Waals surface area contributed by atoms with Crippen LogP contribution in [0.15, 0.2) is 69.4 Å². The smallest absolute Gasteiger partial charge is 0.252 e. The van der Waals surface area contributed by atoms with E-state index in [4.69, 9.17) is 4.42 Å². The van der Waals surface area contributed by atoms with Crippen LogP contribution >= 0.6 is 11.3 Å². The van der Waals surface area contributed by atoms with Gasteiger partial charge in [-0.15, -0.1) is 16.4 Å². The molecule has 5 aromatic rings. The molecule has 5 rings (SSSR count). The summed E-state index contributed by atoms with van der Waals surface area (Å²) >= 11 is 1.70. The number of nitrogens with zero attached hydrogens (tertiary/aromatic N) is 5. The van der Waals surface area contributed by atoms with E-state index in [1.54, 1.807) is 22.3 Å². The van der Waals surface area contributed by atoms with E-state index in [2.05, 4.69) is 68.9 Å². The molecule has 0 bridgehead atoms. The minimum absolute atomic E-state index is 0.0723. The number of aromatic amines is 1. The molecule has 1 N–H and O–H groups in total. The van der Waals surface area contributed by atoms with Gasteiger partial charge in [0, 0.05) is 29.0 Å². The van der Waals surface area contributed by atoms with Crippen molar-refractivity contribution in [3.8, 4) is 0 Å². The Bertz CT molecular complexity index is 1450. The average molecular weight is 489 g/mol. The van der Waals surface area contributed by atoms with Crippen LogP contribution in [-0.2, 0) is 19.6 Å². The molecule has 0 saturated heterocycles. The maximum absolute atomic E-state index is 13.1. The molecule has 0 unspecified atom stereocenters. The minimum Gasteiger partial charge on any atom is -0.467 e. The Morgan fingerprint density at radius 2 is 2.03 bits per heavy atom. The Morgan fingerprint density at radius 1 is 1.14 bits per heavy atom. The molecule has 0 amide bonds. The number of benzene rings is 1. The van der Waals surface area contributed by atoms with Crippen LogP contribution in [0.5, 0.6) is 0 Å². The Kier molecular flexibility index (Phi) is 6.61. The van der Waals surface area contributed by atoms with E-state index in [-0.39, 0.29) is 17.5 Å². The zero-order chi connectivity index (χ0) is 24.4.